The van der Waals surface area contributed by atoms with E-state index in [4.69, 9.17) is 0 Å². The van der Waals surface area contributed by atoms with Crippen LogP contribution in [0, 0.1) is 0 Å². The van der Waals surface area contributed by atoms with E-state index in [1.807, 2.05) is 0 Å². The van der Waals surface area contributed by atoms with E-state index in [0.717, 1.165) is 0 Å². The maximum absolute atomic E-state index is 3.63. The Bertz CT molecular complexity index is 6710. The van der Waals surface area contributed by atoms with Gasteiger partial charge in [-0.25, -0.2) is 0 Å². The van der Waals surface area contributed by atoms with Crippen molar-refractivity contribution < 1.29 is 0 Å². The summed E-state index contributed by atoms with van der Waals surface area (Å²) >= 11 is 0. The fourth-order valence-corrected chi connectivity index (χ4v) is 30.2. The van der Waals surface area contributed by atoms with Crippen molar-refractivity contribution in [3.63, 3.8) is 0 Å². The van der Waals surface area contributed by atoms with E-state index >= 15 is 0 Å². The quantitative estimate of drug-likeness (QED) is 0.107. The highest BCUT2D eigenvalue weighted by Gasteiger charge is 2.57. The zero-order valence-electron chi connectivity index (χ0n) is 68.7. The van der Waals surface area contributed by atoms with E-state index in [0.29, 0.717) is 0 Å². The van der Waals surface area contributed by atoms with Crippen LogP contribution < -0.4 is 20.7 Å². The van der Waals surface area contributed by atoms with Crippen LogP contribution in [-0.2, 0) is 21.7 Å². The molecule has 20 aromatic carbocycles. The molecule has 0 aromatic heterocycles. The van der Waals surface area contributed by atoms with Crippen LogP contribution in [-0.4, -0.2) is 8.07 Å². The lowest BCUT2D eigenvalue weighted by Crippen LogP contribution is -2.70. The van der Waals surface area contributed by atoms with Gasteiger partial charge in [0.1, 0.15) is 0 Å². The van der Waals surface area contributed by atoms with Gasteiger partial charge in [-0.1, -0.05) is 461 Å². The second-order valence-corrected chi connectivity index (χ2v) is 38.6. The second-order valence-electron chi connectivity index (χ2n) is 34.9. The summed E-state index contributed by atoms with van der Waals surface area (Å²) < 4.78 is 0. The van der Waals surface area contributed by atoms with Crippen LogP contribution >= 0.6 is 0 Å². The predicted octanol–water partition coefficient (Wildman–Crippen LogP) is 27.1. The Balaban J connectivity index is 0.747. The predicted molar refractivity (Wildman–Crippen MR) is 519 cm³/mol. The molecule has 6 aliphatic rings. The van der Waals surface area contributed by atoms with Gasteiger partial charge in [-0.3, -0.25) is 0 Å². The van der Waals surface area contributed by atoms with Gasteiger partial charge in [0.2, 0.25) is 0 Å². The van der Waals surface area contributed by atoms with Crippen molar-refractivity contribution in [2.24, 2.45) is 0 Å². The van der Waals surface area contributed by atoms with Crippen molar-refractivity contribution in [1.82, 2.24) is 0 Å². The highest BCUT2D eigenvalue weighted by molar-refractivity contribution is 7.24. The third-order valence-electron chi connectivity index (χ3n) is 29.4. The van der Waals surface area contributed by atoms with Crippen LogP contribution in [0.1, 0.15) is 89.0 Å². The molecule has 4 aliphatic carbocycles. The summed E-state index contributed by atoms with van der Waals surface area (Å²) in [5.41, 5.74) is 42.9. The molecule has 0 saturated heterocycles. The van der Waals surface area contributed by atoms with Gasteiger partial charge in [-0.05, 0) is 245 Å². The van der Waals surface area contributed by atoms with Crippen LogP contribution in [0.25, 0.3) is 111 Å². The normalized spacial score (nSPS) is 14.7. The Hall–Kier alpha value is -15.4. The summed E-state index contributed by atoms with van der Waals surface area (Å²) in [5, 5.41) is 5.62. The molecular formula is C124H80Si. The number of fused-ring (bicyclic) bond motifs is 22. The molecule has 125 heavy (non-hydrogen) atoms. The zero-order valence-corrected chi connectivity index (χ0v) is 69.7. The largest absolute Gasteiger partial charge is 0.182 e. The van der Waals surface area contributed by atoms with E-state index in [1.54, 1.807) is 0 Å². The Kier molecular flexibility index (Phi) is 15.6. The Morgan fingerprint density at radius 2 is 0.256 bits per heavy atom. The summed E-state index contributed by atoms with van der Waals surface area (Å²) in [6.07, 6.45) is 0. The molecule has 0 amide bonds. The maximum Gasteiger partial charge on any atom is 0.182 e. The summed E-state index contributed by atoms with van der Waals surface area (Å²) in [5.74, 6) is 0. The van der Waals surface area contributed by atoms with Crippen molar-refractivity contribution in [3.8, 4) is 111 Å². The van der Waals surface area contributed by atoms with Gasteiger partial charge in [-0.15, -0.1) is 0 Å². The molecule has 0 saturated carbocycles. The molecule has 2 aliphatic heterocycles. The SMILES string of the molecule is c1ccc(C2(c3ccccc3)c3ccccc3-c3ccc(-c4ccc5c(c4)[Si]4(c6cc(-c7ccc8c(c7)C(c7ccccc7)(c7ccccc7)c7ccccc7-8)ccc6-5)c5cc(-c6ccc7c(c6)C(c6ccccc6)(c6ccccc6)c6ccccc6-7)ccc5-c5ccc(-c6ccc7c(c6)C(c6ccccc6)(c6ccccc6)c6ccccc6-7)cc54)cc32)cc1. The third kappa shape index (κ3) is 9.71. The van der Waals surface area contributed by atoms with Crippen molar-refractivity contribution in [2.45, 2.75) is 21.7 Å². The summed E-state index contributed by atoms with van der Waals surface area (Å²) in [6, 6.07) is 187. The van der Waals surface area contributed by atoms with Crippen LogP contribution in [0.15, 0.2) is 485 Å². The van der Waals surface area contributed by atoms with Crippen molar-refractivity contribution >= 4 is 28.8 Å². The Labute approximate surface area is 730 Å². The van der Waals surface area contributed by atoms with Crippen molar-refractivity contribution in [3.05, 3.63) is 574 Å². The average Bonchev–Trinajstić information content (AvgIpc) is 1.50. The average molecular weight is 1600 g/mol. The van der Waals surface area contributed by atoms with Gasteiger partial charge in [0.15, 0.2) is 8.07 Å². The minimum Gasteiger partial charge on any atom is -0.0622 e. The van der Waals surface area contributed by atoms with Gasteiger partial charge in [-0.2, -0.15) is 0 Å². The summed E-state index contributed by atoms with van der Waals surface area (Å²) in [7, 11) is -3.63. The highest BCUT2D eigenvalue weighted by Crippen LogP contribution is 2.62. The van der Waals surface area contributed by atoms with Crippen LogP contribution in [0.4, 0.5) is 0 Å². The first-order chi connectivity index (χ1) is 62.0. The lowest BCUT2D eigenvalue weighted by Gasteiger charge is -2.34. The summed E-state index contributed by atoms with van der Waals surface area (Å²) in [4.78, 5) is 0. The second kappa shape index (κ2) is 27.3. The monoisotopic (exact) mass is 1600 g/mol. The number of rotatable bonds is 12. The van der Waals surface area contributed by atoms with E-state index in [9.17, 15) is 0 Å². The summed E-state index contributed by atoms with van der Waals surface area (Å²) in [6.45, 7) is 0. The van der Waals surface area contributed by atoms with Gasteiger partial charge in [0.25, 0.3) is 0 Å². The highest BCUT2D eigenvalue weighted by atomic mass is 28.3. The molecule has 580 valence electrons. The molecule has 2 heterocycles. The standard InChI is InChI=1S/C124H80Si/c1-9-33-89(34-10-1)121(90-35-11-2-12-36-90)109-53-29-25-49-97(109)101-65-57-81(73-113(101)121)85-61-69-105-106-70-62-86(82-58-66-102-98-50-26-30-54-110(98)122(114(102)74-82,91-37-13-3-14-38-91)92-39-15-4-16-40-92)78-118(106)125(117(105)77-85)119-79-87(83-59-67-103-99-51-27-31-55-111(99)123(115(103)75-83,93-41-17-5-18-42-93)94-43-19-6-20-44-94)63-71-107(119)108-72-64-88(80-120(108)125)84-60-68-104-100-52-28-32-56-112(100)124(116(104)76-84,95-45-21-7-22-46-95)96-47-23-8-24-48-96/h1-80H. The molecule has 0 fully saturated rings. The lowest BCUT2D eigenvalue weighted by atomic mass is 9.67. The molecule has 0 N–H and O–H groups in total. The first kappa shape index (κ1) is 71.4. The fourth-order valence-electron chi connectivity index (χ4n) is 24.4. The van der Waals surface area contributed by atoms with Crippen molar-refractivity contribution in [2.75, 3.05) is 0 Å². The number of hydrogen-bond donors (Lipinski definition) is 0. The van der Waals surface area contributed by atoms with Gasteiger partial charge < -0.3 is 0 Å². The first-order valence-corrected chi connectivity index (χ1v) is 46.0. The lowest BCUT2D eigenvalue weighted by molar-refractivity contribution is 0.769. The van der Waals surface area contributed by atoms with Crippen LogP contribution in [0.5, 0.6) is 0 Å². The molecule has 20 aromatic rings. The van der Waals surface area contributed by atoms with E-state index in [2.05, 4.69) is 485 Å². The molecule has 0 bridgehead atoms. The first-order valence-electron chi connectivity index (χ1n) is 44.0. The van der Waals surface area contributed by atoms with Crippen LogP contribution in [0.2, 0.25) is 0 Å². The van der Waals surface area contributed by atoms with Gasteiger partial charge >= 0.3 is 0 Å². The molecule has 26 rings (SSSR count). The smallest absolute Gasteiger partial charge is 0.0622 e. The molecule has 0 radical (unpaired) electrons. The molecule has 1 spiro atoms. The number of hydrogen-bond acceptors (Lipinski definition) is 0. The van der Waals surface area contributed by atoms with Gasteiger partial charge in [0, 0.05) is 0 Å². The Morgan fingerprint density at radius 1 is 0.112 bits per heavy atom. The third-order valence-corrected chi connectivity index (χ3v) is 34.3. The maximum atomic E-state index is 2.69. The molecule has 0 atom stereocenters. The van der Waals surface area contributed by atoms with Crippen molar-refractivity contribution in [1.29, 1.82) is 0 Å². The fraction of sp³-hybridized carbons (Fsp3) is 0.0323. The zero-order chi connectivity index (χ0) is 82.2. The molecular weight excluding hydrogens is 1520 g/mol. The number of benzene rings is 20. The topological polar surface area (TPSA) is 0 Å². The van der Waals surface area contributed by atoms with Crippen LogP contribution in [0.3, 0.4) is 0 Å². The minimum atomic E-state index is -3.63. The molecule has 1 heteroatoms. The van der Waals surface area contributed by atoms with Gasteiger partial charge in [0.05, 0.1) is 21.7 Å². The van der Waals surface area contributed by atoms with E-state index in [1.165, 1.54) is 221 Å². The van der Waals surface area contributed by atoms with E-state index in [-0.39, 0.29) is 0 Å². The molecule has 0 unspecified atom stereocenters. The Morgan fingerprint density at radius 3 is 0.440 bits per heavy atom. The molecule has 0 nitrogen and oxygen atoms in total. The minimum absolute atomic E-state index is 0.591. The van der Waals surface area contributed by atoms with E-state index < -0.39 is 29.7 Å².